The van der Waals surface area contributed by atoms with E-state index in [-0.39, 0.29) is 28.9 Å². The molecule has 3 rings (SSSR count). The number of nitrogens with zero attached hydrogens (tertiary/aromatic N) is 4. The van der Waals surface area contributed by atoms with Crippen LogP contribution in [0.15, 0.2) is 46.7 Å². The van der Waals surface area contributed by atoms with E-state index in [1.165, 1.54) is 37.8 Å². The van der Waals surface area contributed by atoms with E-state index in [0.717, 1.165) is 11.4 Å². The summed E-state index contributed by atoms with van der Waals surface area (Å²) in [6.07, 6.45) is 1.44. The van der Waals surface area contributed by atoms with Gasteiger partial charge in [0.05, 0.1) is 26.2 Å². The molecule has 0 atom stereocenters. The predicted molar refractivity (Wildman–Crippen MR) is 124 cm³/mol. The van der Waals surface area contributed by atoms with E-state index in [2.05, 4.69) is 20.7 Å². The van der Waals surface area contributed by atoms with Crippen molar-refractivity contribution in [1.82, 2.24) is 20.2 Å². The van der Waals surface area contributed by atoms with Gasteiger partial charge in [0, 0.05) is 17.7 Å². The third-order valence-electron chi connectivity index (χ3n) is 4.58. The molecule has 0 unspecified atom stereocenters. The fraction of sp³-hybridized carbons (Fsp3) is 0.273. The van der Waals surface area contributed by atoms with E-state index >= 15 is 0 Å². The Kier molecular flexibility index (Phi) is 7.72. The van der Waals surface area contributed by atoms with E-state index in [0.29, 0.717) is 17.3 Å². The predicted octanol–water partition coefficient (Wildman–Crippen LogP) is 3.24. The molecule has 168 valence electrons. The first-order chi connectivity index (χ1) is 15.5. The van der Waals surface area contributed by atoms with E-state index < -0.39 is 0 Å². The summed E-state index contributed by atoms with van der Waals surface area (Å²) in [5.74, 6) is 1.01. The van der Waals surface area contributed by atoms with Crippen molar-refractivity contribution in [3.63, 3.8) is 0 Å². The van der Waals surface area contributed by atoms with Gasteiger partial charge in [0.25, 0.3) is 5.91 Å². The first-order valence-electron chi connectivity index (χ1n) is 9.86. The van der Waals surface area contributed by atoms with E-state index in [4.69, 9.17) is 9.47 Å². The number of benzene rings is 2. The van der Waals surface area contributed by atoms with E-state index in [1.54, 1.807) is 12.1 Å². The molecule has 1 heterocycles. The first kappa shape index (κ1) is 23.1. The molecule has 0 spiro atoms. The lowest BCUT2D eigenvalue weighted by molar-refractivity contribution is -0.118. The number of hydrogen-bond acceptors (Lipinski definition) is 8. The minimum atomic E-state index is -0.286. The molecule has 1 aromatic heterocycles. The van der Waals surface area contributed by atoms with Gasteiger partial charge in [0.15, 0.2) is 22.5 Å². The summed E-state index contributed by atoms with van der Waals surface area (Å²) in [5, 5.41) is 23.1. The van der Waals surface area contributed by atoms with Crippen LogP contribution >= 0.6 is 11.8 Å². The number of aromatic nitrogens is 3. The number of thioether (sulfide) groups is 1. The number of carbonyl (C=O) groups excluding carboxylic acids is 1. The van der Waals surface area contributed by atoms with Gasteiger partial charge >= 0.3 is 0 Å². The molecular weight excluding hydrogens is 430 g/mol. The van der Waals surface area contributed by atoms with Gasteiger partial charge in [-0.15, -0.1) is 10.2 Å². The number of hydrazone groups is 1. The highest BCUT2D eigenvalue weighted by Gasteiger charge is 2.14. The van der Waals surface area contributed by atoms with Crippen LogP contribution < -0.4 is 14.9 Å². The molecule has 0 saturated heterocycles. The lowest BCUT2D eigenvalue weighted by atomic mass is 10.1. The summed E-state index contributed by atoms with van der Waals surface area (Å²) in [4.78, 5) is 12.2. The highest BCUT2D eigenvalue weighted by atomic mass is 32.2. The maximum absolute atomic E-state index is 12.2. The van der Waals surface area contributed by atoms with Crippen molar-refractivity contribution < 1.29 is 19.4 Å². The zero-order valence-electron chi connectivity index (χ0n) is 18.3. The van der Waals surface area contributed by atoms with Crippen molar-refractivity contribution in [2.75, 3.05) is 20.0 Å². The number of methoxy groups -OCH3 is 2. The minimum absolute atomic E-state index is 0.0994. The lowest BCUT2D eigenvalue weighted by Crippen LogP contribution is -2.20. The number of phenolic OH excluding ortho intramolecular Hbond substituents is 1. The average Bonchev–Trinajstić information content (AvgIpc) is 3.22. The summed E-state index contributed by atoms with van der Waals surface area (Å²) < 4.78 is 12.2. The van der Waals surface area contributed by atoms with Gasteiger partial charge in [-0.05, 0) is 26.0 Å². The Morgan fingerprint density at radius 1 is 1.19 bits per heavy atom. The van der Waals surface area contributed by atoms with Crippen molar-refractivity contribution in [2.45, 2.75) is 25.5 Å². The number of rotatable bonds is 9. The fourth-order valence-corrected chi connectivity index (χ4v) is 3.72. The molecule has 0 fully saturated rings. The molecule has 0 radical (unpaired) electrons. The smallest absolute Gasteiger partial charge is 0.250 e. The second-order valence-electron chi connectivity index (χ2n) is 6.77. The summed E-state index contributed by atoms with van der Waals surface area (Å²) in [7, 11) is 2.88. The average molecular weight is 456 g/mol. The third kappa shape index (κ3) is 5.38. The van der Waals surface area contributed by atoms with E-state index in [1.807, 2.05) is 42.7 Å². The summed E-state index contributed by atoms with van der Waals surface area (Å²) in [6, 6.07) is 11.2. The van der Waals surface area contributed by atoms with Gasteiger partial charge in [0.2, 0.25) is 5.75 Å². The van der Waals surface area contributed by atoms with Gasteiger partial charge < -0.3 is 19.1 Å². The molecule has 3 aromatic rings. The van der Waals surface area contributed by atoms with Gasteiger partial charge in [-0.25, -0.2) is 5.43 Å². The molecule has 32 heavy (non-hydrogen) atoms. The maximum atomic E-state index is 12.2. The van der Waals surface area contributed by atoms with Gasteiger partial charge in [-0.1, -0.05) is 41.6 Å². The number of ether oxygens (including phenoxy) is 2. The van der Waals surface area contributed by atoms with Crippen LogP contribution in [0.25, 0.3) is 11.4 Å². The van der Waals surface area contributed by atoms with Crippen LogP contribution in [0.4, 0.5) is 0 Å². The molecule has 2 N–H and O–H groups in total. The molecule has 10 heteroatoms. The van der Waals surface area contributed by atoms with Crippen molar-refractivity contribution in [3.8, 4) is 28.6 Å². The summed E-state index contributed by atoms with van der Waals surface area (Å²) in [5.41, 5.74) is 5.23. The first-order valence-corrected chi connectivity index (χ1v) is 10.8. The molecule has 0 aliphatic rings. The lowest BCUT2D eigenvalue weighted by Gasteiger charge is -2.09. The largest absolute Gasteiger partial charge is 0.502 e. The van der Waals surface area contributed by atoms with Crippen LogP contribution in [-0.2, 0) is 11.3 Å². The summed E-state index contributed by atoms with van der Waals surface area (Å²) in [6.45, 7) is 4.73. The Labute approximate surface area is 190 Å². The fourth-order valence-electron chi connectivity index (χ4n) is 2.93. The van der Waals surface area contributed by atoms with Crippen LogP contribution in [0.1, 0.15) is 18.1 Å². The number of aromatic hydroxyl groups is 1. The van der Waals surface area contributed by atoms with Gasteiger partial charge in [-0.2, -0.15) is 5.10 Å². The van der Waals surface area contributed by atoms with Crippen LogP contribution in [-0.4, -0.2) is 52.0 Å². The minimum Gasteiger partial charge on any atom is -0.502 e. The topological polar surface area (TPSA) is 111 Å². The van der Waals surface area contributed by atoms with Gasteiger partial charge in [0.1, 0.15) is 0 Å². The molecule has 9 nitrogen and oxygen atoms in total. The van der Waals surface area contributed by atoms with Crippen LogP contribution in [0, 0.1) is 6.92 Å². The SMILES string of the molecule is CCn1c(SCC(=O)NN=Cc2cc(OC)c(O)c(OC)c2)nnc1-c1ccc(C)cc1. The number of hydrogen-bond donors (Lipinski definition) is 2. The van der Waals surface area contributed by atoms with Crippen molar-refractivity contribution >= 4 is 23.9 Å². The van der Waals surface area contributed by atoms with Crippen molar-refractivity contribution in [3.05, 3.63) is 47.5 Å². The zero-order chi connectivity index (χ0) is 23.1. The second-order valence-corrected chi connectivity index (χ2v) is 7.71. The second kappa shape index (κ2) is 10.7. The quantitative estimate of drug-likeness (QED) is 0.289. The number of phenols is 1. The maximum Gasteiger partial charge on any atom is 0.250 e. The Morgan fingerprint density at radius 3 is 2.44 bits per heavy atom. The molecule has 0 bridgehead atoms. The Bertz CT molecular complexity index is 1090. The third-order valence-corrected chi connectivity index (χ3v) is 5.55. The number of nitrogens with one attached hydrogen (secondary N) is 1. The molecule has 0 saturated carbocycles. The zero-order valence-corrected chi connectivity index (χ0v) is 19.1. The van der Waals surface area contributed by atoms with Crippen LogP contribution in [0.2, 0.25) is 0 Å². The number of amides is 1. The monoisotopic (exact) mass is 455 g/mol. The number of aryl methyl sites for hydroxylation is 1. The molecular formula is C22H25N5O4S. The normalized spacial score (nSPS) is 11.0. The highest BCUT2D eigenvalue weighted by Crippen LogP contribution is 2.36. The molecule has 2 aromatic carbocycles. The van der Waals surface area contributed by atoms with Crippen molar-refractivity contribution in [1.29, 1.82) is 0 Å². The van der Waals surface area contributed by atoms with Crippen molar-refractivity contribution in [2.24, 2.45) is 5.10 Å². The Morgan fingerprint density at radius 2 is 1.84 bits per heavy atom. The summed E-state index contributed by atoms with van der Waals surface area (Å²) >= 11 is 1.29. The van der Waals surface area contributed by atoms with Crippen LogP contribution in [0.5, 0.6) is 17.2 Å². The highest BCUT2D eigenvalue weighted by molar-refractivity contribution is 7.99. The Balaban J connectivity index is 1.61. The molecule has 0 aliphatic heterocycles. The van der Waals surface area contributed by atoms with Crippen LogP contribution in [0.3, 0.4) is 0 Å². The standard InChI is InChI=1S/C22H25N5O4S/c1-5-27-21(16-8-6-14(2)7-9-16)25-26-22(27)32-13-19(28)24-23-12-15-10-17(30-3)20(29)18(11-15)31-4/h6-12,29H,5,13H2,1-4H3,(H,24,28). The number of carbonyl (C=O) groups is 1. The van der Waals surface area contributed by atoms with Gasteiger partial charge in [-0.3, -0.25) is 4.79 Å². The molecule has 1 amide bonds. The Hall–Kier alpha value is -3.53. The van der Waals surface area contributed by atoms with E-state index in [9.17, 15) is 9.90 Å². The molecule has 0 aliphatic carbocycles.